The van der Waals surface area contributed by atoms with Crippen molar-refractivity contribution in [2.45, 2.75) is 64.5 Å². The number of carbonyl (C=O) groups excluding carboxylic acids is 2. The number of hydrogen-bond acceptors (Lipinski definition) is 8. The number of nitrogens with one attached hydrogen (secondary N) is 1. The number of carbonyl (C=O) groups is 2. The molecule has 1 saturated carbocycles. The Morgan fingerprint density at radius 3 is 2.25 bits per heavy atom. The van der Waals surface area contributed by atoms with E-state index in [4.69, 9.17) is 60.9 Å². The van der Waals surface area contributed by atoms with E-state index in [0.29, 0.717) is 45.1 Å². The summed E-state index contributed by atoms with van der Waals surface area (Å²) in [5.74, 6) is 1.12. The number of alkyl carbamates (subject to hydrolysis) is 1. The normalized spacial score (nSPS) is 13.3. The summed E-state index contributed by atoms with van der Waals surface area (Å²) in [5.41, 5.74) is 3.25. The first-order valence-electron chi connectivity index (χ1n) is 18.4. The van der Waals surface area contributed by atoms with Crippen LogP contribution in [0.5, 0.6) is 5.75 Å². The molecule has 12 nitrogen and oxygen atoms in total. The van der Waals surface area contributed by atoms with Gasteiger partial charge in [-0.25, -0.2) is 24.5 Å². The van der Waals surface area contributed by atoms with Gasteiger partial charge < -0.3 is 19.7 Å². The standard InChI is InChI=1S/C26H26ClN5O2.C15H16Cl3N3O2/c1-25(2,3)34-24(33)31-26(14-7-15-26)18-10-12-19(13-11-18)32-21(17-8-5-4-6-9-17)29-20-16-28-23(27)30-22(20)32;1-2-4-20(15(22)21-5-3-19-10-21)6-7-23-14-12(17)8-11(16)9-13(14)18/h4-6,8-13,16H,7,14-15H2,1-3H3,(H,31,33);3,5,8-10H,2,4,6-7H2,1H3. The van der Waals surface area contributed by atoms with Crippen LogP contribution in [0.1, 0.15) is 58.9 Å². The van der Waals surface area contributed by atoms with Crippen LogP contribution in [0.25, 0.3) is 28.2 Å². The molecule has 1 aliphatic rings. The minimum Gasteiger partial charge on any atom is -0.489 e. The predicted octanol–water partition coefficient (Wildman–Crippen LogP) is 10.6. The molecule has 7 rings (SSSR count). The Hall–Kier alpha value is -4.88. The molecule has 2 amide bonds. The van der Waals surface area contributed by atoms with Gasteiger partial charge in [-0.15, -0.1) is 0 Å². The van der Waals surface area contributed by atoms with E-state index >= 15 is 0 Å². The topological polar surface area (TPSA) is 129 Å². The van der Waals surface area contributed by atoms with Crippen molar-refractivity contribution < 1.29 is 19.1 Å². The van der Waals surface area contributed by atoms with Gasteiger partial charge in [0.25, 0.3) is 0 Å². The summed E-state index contributed by atoms with van der Waals surface area (Å²) in [6.07, 6.45) is 9.52. The predicted molar refractivity (Wildman–Crippen MR) is 224 cm³/mol. The van der Waals surface area contributed by atoms with Gasteiger partial charge in [0.1, 0.15) is 29.9 Å². The van der Waals surface area contributed by atoms with Crippen LogP contribution in [-0.4, -0.2) is 71.4 Å². The monoisotopic (exact) mass is 850 g/mol. The van der Waals surface area contributed by atoms with E-state index in [0.717, 1.165) is 48.3 Å². The summed E-state index contributed by atoms with van der Waals surface area (Å²) in [6.45, 7) is 8.88. The Bertz CT molecular complexity index is 2290. The summed E-state index contributed by atoms with van der Waals surface area (Å²) in [7, 11) is 0. The average molecular weight is 853 g/mol. The fraction of sp³-hybridized carbons (Fsp3) is 0.317. The van der Waals surface area contributed by atoms with Crippen molar-refractivity contribution in [1.29, 1.82) is 0 Å². The second-order valence-electron chi connectivity index (χ2n) is 14.4. The minimum atomic E-state index is -0.543. The molecule has 1 fully saturated rings. The lowest BCUT2D eigenvalue weighted by molar-refractivity contribution is 0.0377. The van der Waals surface area contributed by atoms with E-state index in [9.17, 15) is 9.59 Å². The number of imidazole rings is 2. The summed E-state index contributed by atoms with van der Waals surface area (Å²) in [6, 6.07) is 21.1. The maximum Gasteiger partial charge on any atom is 0.408 e. The molecule has 3 heterocycles. The van der Waals surface area contributed by atoms with Crippen molar-refractivity contribution in [3.8, 4) is 22.8 Å². The Morgan fingerprint density at radius 2 is 1.65 bits per heavy atom. The maximum atomic E-state index is 12.5. The smallest absolute Gasteiger partial charge is 0.408 e. The van der Waals surface area contributed by atoms with Crippen molar-refractivity contribution >= 4 is 69.7 Å². The van der Waals surface area contributed by atoms with Gasteiger partial charge in [0.05, 0.1) is 28.3 Å². The first kappa shape index (κ1) is 41.7. The van der Waals surface area contributed by atoms with Gasteiger partial charge in [-0.2, -0.15) is 4.98 Å². The largest absolute Gasteiger partial charge is 0.489 e. The maximum absolute atomic E-state index is 12.5. The van der Waals surface area contributed by atoms with Gasteiger partial charge in [-0.1, -0.05) is 84.2 Å². The van der Waals surface area contributed by atoms with Crippen molar-refractivity contribution in [2.24, 2.45) is 0 Å². The number of hydrogen-bond donors (Lipinski definition) is 1. The molecule has 0 unspecified atom stereocenters. The van der Waals surface area contributed by atoms with Crippen LogP contribution in [0.4, 0.5) is 9.59 Å². The summed E-state index contributed by atoms with van der Waals surface area (Å²) in [4.78, 5) is 43.7. The van der Waals surface area contributed by atoms with Crippen LogP contribution in [0.3, 0.4) is 0 Å². The van der Waals surface area contributed by atoms with Crippen LogP contribution in [0.15, 0.2) is 91.6 Å². The van der Waals surface area contributed by atoms with Gasteiger partial charge in [0.15, 0.2) is 11.4 Å². The fourth-order valence-electron chi connectivity index (χ4n) is 6.36. The number of halogens is 4. The minimum absolute atomic E-state index is 0.152. The number of nitrogens with zero attached hydrogens (tertiary/aromatic N) is 7. The van der Waals surface area contributed by atoms with E-state index in [-0.39, 0.29) is 17.9 Å². The molecular formula is C41H42Cl4N8O4. The lowest BCUT2D eigenvalue weighted by Crippen LogP contribution is -2.52. The first-order chi connectivity index (χ1) is 27.3. The Labute approximate surface area is 351 Å². The third kappa shape index (κ3) is 10.2. The van der Waals surface area contributed by atoms with Gasteiger partial charge in [-0.05, 0) is 87.9 Å². The van der Waals surface area contributed by atoms with Crippen molar-refractivity contribution in [2.75, 3.05) is 19.7 Å². The zero-order valence-electron chi connectivity index (χ0n) is 31.9. The number of ether oxygens (including phenoxy) is 2. The third-order valence-electron chi connectivity index (χ3n) is 9.09. The van der Waals surface area contributed by atoms with Crippen molar-refractivity contribution in [3.05, 3.63) is 118 Å². The molecule has 57 heavy (non-hydrogen) atoms. The van der Waals surface area contributed by atoms with Crippen LogP contribution in [-0.2, 0) is 10.3 Å². The van der Waals surface area contributed by atoms with E-state index in [1.165, 1.54) is 10.9 Å². The van der Waals surface area contributed by atoms with Crippen LogP contribution >= 0.6 is 46.4 Å². The van der Waals surface area contributed by atoms with Crippen LogP contribution < -0.4 is 10.1 Å². The first-order valence-corrected chi connectivity index (χ1v) is 19.9. The molecule has 3 aromatic heterocycles. The number of aromatic nitrogens is 6. The average Bonchev–Trinajstić information content (AvgIpc) is 3.82. The van der Waals surface area contributed by atoms with E-state index in [2.05, 4.69) is 32.4 Å². The number of benzene rings is 3. The molecule has 298 valence electrons. The number of fused-ring (bicyclic) bond motifs is 1. The Morgan fingerprint density at radius 1 is 0.947 bits per heavy atom. The highest BCUT2D eigenvalue weighted by molar-refractivity contribution is 6.40. The van der Waals surface area contributed by atoms with Gasteiger partial charge in [0.2, 0.25) is 5.28 Å². The Kier molecular flexibility index (Phi) is 13.3. The van der Waals surface area contributed by atoms with E-state index in [1.807, 2.05) is 74.7 Å². The molecule has 0 radical (unpaired) electrons. The molecule has 0 saturated heterocycles. The second-order valence-corrected chi connectivity index (χ2v) is 16.0. The fourth-order valence-corrected chi connectivity index (χ4v) is 7.41. The molecule has 3 aromatic carbocycles. The highest BCUT2D eigenvalue weighted by Gasteiger charge is 2.41. The molecule has 0 aliphatic heterocycles. The quantitative estimate of drug-likeness (QED) is 0.135. The molecule has 6 aromatic rings. The van der Waals surface area contributed by atoms with Gasteiger partial charge in [-0.3, -0.25) is 9.13 Å². The molecule has 0 atom stereocenters. The summed E-state index contributed by atoms with van der Waals surface area (Å²) in [5, 5.41) is 4.40. The van der Waals surface area contributed by atoms with Crippen LogP contribution in [0, 0.1) is 0 Å². The lowest BCUT2D eigenvalue weighted by atomic mass is 9.72. The molecule has 1 aliphatic carbocycles. The second kappa shape index (κ2) is 18.1. The summed E-state index contributed by atoms with van der Waals surface area (Å²) < 4.78 is 14.5. The Balaban J connectivity index is 0.000000209. The zero-order chi connectivity index (χ0) is 40.7. The van der Waals surface area contributed by atoms with Crippen molar-refractivity contribution in [1.82, 2.24) is 39.3 Å². The van der Waals surface area contributed by atoms with E-state index < -0.39 is 17.2 Å². The summed E-state index contributed by atoms with van der Waals surface area (Å²) >= 11 is 24.1. The molecule has 1 N–H and O–H groups in total. The molecule has 16 heteroatoms. The molecule has 0 spiro atoms. The third-order valence-corrected chi connectivity index (χ3v) is 10.0. The van der Waals surface area contributed by atoms with Gasteiger partial charge >= 0.3 is 12.1 Å². The number of rotatable bonds is 10. The highest BCUT2D eigenvalue weighted by atomic mass is 35.5. The number of amides is 2. The lowest BCUT2D eigenvalue weighted by Gasteiger charge is -2.43. The van der Waals surface area contributed by atoms with Crippen molar-refractivity contribution in [3.63, 3.8) is 0 Å². The molecular weight excluding hydrogens is 810 g/mol. The zero-order valence-corrected chi connectivity index (χ0v) is 34.9. The van der Waals surface area contributed by atoms with Crippen LogP contribution in [0.2, 0.25) is 20.4 Å². The highest BCUT2D eigenvalue weighted by Crippen LogP contribution is 2.42. The van der Waals surface area contributed by atoms with E-state index in [1.54, 1.807) is 35.6 Å². The molecule has 0 bridgehead atoms. The SMILES string of the molecule is CC(C)(C)OC(=O)NC1(c2ccc(-n3c(-c4ccccc4)nc4cnc(Cl)nc43)cc2)CCC1.CCCN(CCOc1c(Cl)cc(Cl)cc1Cl)C(=O)n1ccnc1. The van der Waals surface area contributed by atoms with Gasteiger partial charge in [0, 0.05) is 35.2 Å².